The Bertz CT molecular complexity index is 1460. The van der Waals surface area contributed by atoms with E-state index in [1.165, 1.54) is 16.9 Å². The van der Waals surface area contributed by atoms with E-state index in [4.69, 9.17) is 11.6 Å². The van der Waals surface area contributed by atoms with Gasteiger partial charge in [-0.15, -0.1) is 11.3 Å². The number of hydrogen-bond donors (Lipinski definition) is 1. The number of benzene rings is 3. The fraction of sp³-hybridized carbons (Fsp3) is 0.214. The average molecular weight is 551 g/mol. The van der Waals surface area contributed by atoms with Crippen LogP contribution in [0.5, 0.6) is 0 Å². The van der Waals surface area contributed by atoms with Gasteiger partial charge >= 0.3 is 0 Å². The molecule has 0 unspecified atom stereocenters. The Morgan fingerprint density at radius 3 is 2.43 bits per heavy atom. The van der Waals surface area contributed by atoms with Crippen molar-refractivity contribution in [1.82, 2.24) is 9.29 Å². The molecule has 0 atom stereocenters. The molecule has 1 aliphatic heterocycles. The number of thiazole rings is 1. The number of piperidine rings is 1. The van der Waals surface area contributed by atoms with Gasteiger partial charge < -0.3 is 0 Å². The summed E-state index contributed by atoms with van der Waals surface area (Å²) in [5, 5.41) is 7.38. The van der Waals surface area contributed by atoms with Crippen molar-refractivity contribution in [1.29, 1.82) is 0 Å². The summed E-state index contributed by atoms with van der Waals surface area (Å²) in [6, 6.07) is 24.8. The van der Waals surface area contributed by atoms with Crippen molar-refractivity contribution in [2.45, 2.75) is 24.2 Å². The molecule has 190 valence electrons. The van der Waals surface area contributed by atoms with E-state index in [1.54, 1.807) is 34.8 Å². The molecule has 1 saturated heterocycles. The van der Waals surface area contributed by atoms with Crippen LogP contribution in [0.4, 0.5) is 5.13 Å². The largest absolute Gasteiger partial charge is 0.253 e. The summed E-state index contributed by atoms with van der Waals surface area (Å²) in [7, 11) is -3.52. The SMILES string of the molecule is O=S(=O)(c1ccc(-c2csc(N/N=C/c3ccccc3Cl)n2)cc1)N1CCC(Cc2ccccc2)CC1. The third-order valence-electron chi connectivity index (χ3n) is 6.50. The summed E-state index contributed by atoms with van der Waals surface area (Å²) in [5.74, 6) is 0.512. The highest BCUT2D eigenvalue weighted by molar-refractivity contribution is 7.89. The normalized spacial score (nSPS) is 15.3. The maximum absolute atomic E-state index is 13.2. The van der Waals surface area contributed by atoms with E-state index in [2.05, 4.69) is 39.8 Å². The van der Waals surface area contributed by atoms with Gasteiger partial charge in [0.05, 0.1) is 16.8 Å². The third-order valence-corrected chi connectivity index (χ3v) is 9.51. The third kappa shape index (κ3) is 6.27. The molecule has 5 rings (SSSR count). The Hall–Kier alpha value is -3.04. The molecule has 1 N–H and O–H groups in total. The predicted molar refractivity (Wildman–Crippen MR) is 152 cm³/mol. The Balaban J connectivity index is 1.19. The highest BCUT2D eigenvalue weighted by Gasteiger charge is 2.29. The molecule has 0 aliphatic carbocycles. The highest BCUT2D eigenvalue weighted by atomic mass is 35.5. The number of nitrogens with zero attached hydrogens (tertiary/aromatic N) is 3. The van der Waals surface area contributed by atoms with Crippen molar-refractivity contribution in [3.63, 3.8) is 0 Å². The highest BCUT2D eigenvalue weighted by Crippen LogP contribution is 2.29. The van der Waals surface area contributed by atoms with E-state index in [1.807, 2.05) is 35.7 Å². The van der Waals surface area contributed by atoms with Gasteiger partial charge in [-0.05, 0) is 48.9 Å². The molecule has 0 spiro atoms. The van der Waals surface area contributed by atoms with Crippen LogP contribution in [0.1, 0.15) is 24.0 Å². The molecule has 2 heterocycles. The molecule has 1 aromatic heterocycles. The standard InChI is InChI=1S/C28H27ClN4O2S2/c29-26-9-5-4-8-24(26)19-30-32-28-31-27(20-36-28)23-10-12-25(13-11-23)37(34,35)33-16-14-22(15-17-33)18-21-6-2-1-3-7-21/h1-13,19-20,22H,14-18H2,(H,31,32)/b30-19+. The topological polar surface area (TPSA) is 74.7 Å². The van der Waals surface area contributed by atoms with Gasteiger partial charge in [0.1, 0.15) is 0 Å². The maximum Gasteiger partial charge on any atom is 0.243 e. The predicted octanol–water partition coefficient (Wildman–Crippen LogP) is 6.55. The second kappa shape index (κ2) is 11.6. The quantitative estimate of drug-likeness (QED) is 0.199. The zero-order chi connectivity index (χ0) is 25.7. The molecule has 6 nitrogen and oxygen atoms in total. The van der Waals surface area contributed by atoms with Crippen LogP contribution in [0, 0.1) is 5.92 Å². The zero-order valence-corrected chi connectivity index (χ0v) is 22.5. The van der Waals surface area contributed by atoms with E-state index >= 15 is 0 Å². The van der Waals surface area contributed by atoms with Crippen LogP contribution in [-0.4, -0.2) is 37.0 Å². The number of rotatable bonds is 8. The summed E-state index contributed by atoms with van der Waals surface area (Å²) in [6.07, 6.45) is 4.40. The first-order chi connectivity index (χ1) is 18.0. The lowest BCUT2D eigenvalue weighted by Crippen LogP contribution is -2.38. The lowest BCUT2D eigenvalue weighted by Gasteiger charge is -2.31. The van der Waals surface area contributed by atoms with E-state index in [0.29, 0.717) is 34.1 Å². The molecule has 4 aromatic rings. The number of nitrogens with one attached hydrogen (secondary N) is 1. The number of sulfonamides is 1. The second-order valence-corrected chi connectivity index (χ2v) is 12.2. The molecule has 0 saturated carbocycles. The van der Waals surface area contributed by atoms with Crippen LogP contribution in [-0.2, 0) is 16.4 Å². The molecule has 37 heavy (non-hydrogen) atoms. The van der Waals surface area contributed by atoms with Gasteiger partial charge in [0.2, 0.25) is 15.2 Å². The Morgan fingerprint density at radius 2 is 1.70 bits per heavy atom. The number of aromatic nitrogens is 1. The minimum atomic E-state index is -3.52. The van der Waals surface area contributed by atoms with Crippen molar-refractivity contribution in [2.75, 3.05) is 18.5 Å². The Morgan fingerprint density at radius 1 is 1.00 bits per heavy atom. The van der Waals surface area contributed by atoms with Crippen molar-refractivity contribution in [3.8, 4) is 11.3 Å². The monoisotopic (exact) mass is 550 g/mol. The molecular formula is C28H27ClN4O2S2. The smallest absolute Gasteiger partial charge is 0.243 e. The van der Waals surface area contributed by atoms with Gasteiger partial charge in [0.25, 0.3) is 0 Å². The van der Waals surface area contributed by atoms with Crippen molar-refractivity contribution >= 4 is 44.3 Å². The van der Waals surface area contributed by atoms with E-state index < -0.39 is 10.0 Å². The number of hydrazone groups is 1. The van der Waals surface area contributed by atoms with Gasteiger partial charge in [-0.1, -0.05) is 72.3 Å². The van der Waals surface area contributed by atoms with Gasteiger partial charge in [-0.3, -0.25) is 5.43 Å². The van der Waals surface area contributed by atoms with Gasteiger partial charge in [-0.2, -0.15) is 9.41 Å². The van der Waals surface area contributed by atoms with Crippen LogP contribution >= 0.6 is 22.9 Å². The Labute approximate surface area is 226 Å². The second-order valence-electron chi connectivity index (χ2n) is 8.99. The van der Waals surface area contributed by atoms with Crippen LogP contribution in [0.3, 0.4) is 0 Å². The van der Waals surface area contributed by atoms with E-state index in [0.717, 1.165) is 36.1 Å². The van der Waals surface area contributed by atoms with Crippen LogP contribution in [0.15, 0.2) is 94.2 Å². The first kappa shape index (κ1) is 25.6. The minimum absolute atomic E-state index is 0.315. The molecule has 0 amide bonds. The first-order valence-electron chi connectivity index (χ1n) is 12.1. The Kier molecular flexibility index (Phi) is 8.00. The molecular weight excluding hydrogens is 524 g/mol. The molecule has 0 bridgehead atoms. The van der Waals surface area contributed by atoms with Gasteiger partial charge in [0, 0.05) is 34.6 Å². The van der Waals surface area contributed by atoms with E-state index in [-0.39, 0.29) is 0 Å². The fourth-order valence-corrected chi connectivity index (χ4v) is 6.77. The van der Waals surface area contributed by atoms with Crippen molar-refractivity contribution in [2.24, 2.45) is 11.0 Å². The molecule has 0 radical (unpaired) electrons. The maximum atomic E-state index is 13.2. The number of hydrogen-bond acceptors (Lipinski definition) is 6. The molecule has 9 heteroatoms. The molecule has 3 aromatic carbocycles. The van der Waals surface area contributed by atoms with E-state index in [9.17, 15) is 8.42 Å². The summed E-state index contributed by atoms with van der Waals surface area (Å²) in [6.45, 7) is 1.11. The van der Waals surface area contributed by atoms with Crippen molar-refractivity contribution < 1.29 is 8.42 Å². The first-order valence-corrected chi connectivity index (χ1v) is 14.8. The van der Waals surface area contributed by atoms with Gasteiger partial charge in [0.15, 0.2) is 0 Å². The zero-order valence-electron chi connectivity index (χ0n) is 20.1. The van der Waals surface area contributed by atoms with Crippen LogP contribution < -0.4 is 5.43 Å². The molecule has 1 aliphatic rings. The summed E-state index contributed by atoms with van der Waals surface area (Å²) < 4.78 is 28.1. The average Bonchev–Trinajstić information content (AvgIpc) is 3.40. The minimum Gasteiger partial charge on any atom is -0.253 e. The lowest BCUT2D eigenvalue weighted by atomic mass is 9.91. The van der Waals surface area contributed by atoms with Gasteiger partial charge in [-0.25, -0.2) is 13.4 Å². The van der Waals surface area contributed by atoms with Crippen LogP contribution in [0.25, 0.3) is 11.3 Å². The number of anilines is 1. The summed E-state index contributed by atoms with van der Waals surface area (Å²) >= 11 is 7.56. The molecule has 1 fully saturated rings. The summed E-state index contributed by atoms with van der Waals surface area (Å²) in [5.41, 5.74) is 6.65. The van der Waals surface area contributed by atoms with Crippen LogP contribution in [0.2, 0.25) is 5.02 Å². The fourth-order valence-electron chi connectivity index (χ4n) is 4.44. The number of halogens is 1. The summed E-state index contributed by atoms with van der Waals surface area (Å²) in [4.78, 5) is 4.87. The van der Waals surface area contributed by atoms with Crippen molar-refractivity contribution in [3.05, 3.63) is 100 Å². The lowest BCUT2D eigenvalue weighted by molar-refractivity contribution is 0.273.